The summed E-state index contributed by atoms with van der Waals surface area (Å²) in [4.78, 5) is 9.01. The molecule has 2 nitrogen and oxygen atoms in total. The molecular weight excluding hydrogens is 420 g/mol. The third-order valence-electron chi connectivity index (χ3n) is 6.00. The Balaban J connectivity index is 1.83. The van der Waals surface area contributed by atoms with Gasteiger partial charge in [-0.3, -0.25) is 4.99 Å². The largest absolute Gasteiger partial charge is 0.304 e. The number of hydrogen-bond donors (Lipinski definition) is 0. The highest BCUT2D eigenvalue weighted by Crippen LogP contribution is 2.49. The molecule has 0 N–H and O–H groups in total. The van der Waals surface area contributed by atoms with E-state index in [1.807, 2.05) is 23.9 Å². The molecule has 1 heterocycles. The van der Waals surface area contributed by atoms with Gasteiger partial charge in [-0.2, -0.15) is 0 Å². The normalized spacial score (nSPS) is 18.4. The zero-order valence-corrected chi connectivity index (χ0v) is 19.7. The summed E-state index contributed by atoms with van der Waals surface area (Å²) in [7, 11) is 0. The maximum Gasteiger partial charge on any atom is 0.0769 e. The lowest BCUT2D eigenvalue weighted by Gasteiger charge is -2.29. The van der Waals surface area contributed by atoms with Crippen molar-refractivity contribution in [2.45, 2.75) is 30.4 Å². The zero-order chi connectivity index (χ0) is 21.6. The molecule has 0 unspecified atom stereocenters. The molecular formula is C27H29ClN2S. The van der Waals surface area contributed by atoms with Gasteiger partial charge in [0.05, 0.1) is 11.4 Å². The molecule has 0 saturated carbocycles. The fourth-order valence-corrected chi connectivity index (χ4v) is 5.73. The maximum absolute atomic E-state index is 6.23. The van der Waals surface area contributed by atoms with Gasteiger partial charge in [-0.15, -0.1) is 11.8 Å². The highest BCUT2D eigenvalue weighted by Gasteiger charge is 2.32. The van der Waals surface area contributed by atoms with E-state index in [4.69, 9.17) is 16.6 Å². The molecule has 3 aromatic rings. The Kier molecular flexibility index (Phi) is 7.49. The van der Waals surface area contributed by atoms with Gasteiger partial charge >= 0.3 is 0 Å². The predicted octanol–water partition coefficient (Wildman–Crippen LogP) is 7.66. The van der Waals surface area contributed by atoms with Crippen LogP contribution in [0.4, 0.5) is 5.69 Å². The lowest BCUT2D eigenvalue weighted by molar-refractivity contribution is 0.288. The van der Waals surface area contributed by atoms with Crippen LogP contribution in [-0.2, 0) is 0 Å². The van der Waals surface area contributed by atoms with Crippen LogP contribution in [0.15, 0.2) is 88.8 Å². The predicted molar refractivity (Wildman–Crippen MR) is 135 cm³/mol. The third-order valence-corrected chi connectivity index (χ3v) is 7.70. The van der Waals surface area contributed by atoms with E-state index in [0.717, 1.165) is 36.8 Å². The minimum absolute atomic E-state index is 0.274. The summed E-state index contributed by atoms with van der Waals surface area (Å²) in [6.45, 7) is 7.68. The van der Waals surface area contributed by atoms with Crippen molar-refractivity contribution in [3.8, 4) is 0 Å². The van der Waals surface area contributed by atoms with Crippen LogP contribution in [0, 0.1) is 5.92 Å². The summed E-state index contributed by atoms with van der Waals surface area (Å²) in [5.41, 5.74) is 4.77. The van der Waals surface area contributed by atoms with Gasteiger partial charge in [0.25, 0.3) is 0 Å². The topological polar surface area (TPSA) is 15.6 Å². The molecule has 2 atom stereocenters. The summed E-state index contributed by atoms with van der Waals surface area (Å²) in [6.07, 6.45) is 1.06. The van der Waals surface area contributed by atoms with Gasteiger partial charge in [-0.1, -0.05) is 80.0 Å². The molecule has 0 aliphatic carbocycles. The summed E-state index contributed by atoms with van der Waals surface area (Å²) in [6, 6.07) is 27.6. The number of hydrogen-bond acceptors (Lipinski definition) is 3. The lowest BCUT2D eigenvalue weighted by Crippen LogP contribution is -2.30. The van der Waals surface area contributed by atoms with E-state index < -0.39 is 0 Å². The summed E-state index contributed by atoms with van der Waals surface area (Å²) >= 11 is 8.16. The van der Waals surface area contributed by atoms with E-state index >= 15 is 0 Å². The van der Waals surface area contributed by atoms with Crippen molar-refractivity contribution in [2.75, 3.05) is 19.6 Å². The average Bonchev–Trinajstić information content (AvgIpc) is 2.98. The number of para-hydroxylation sites is 1. The number of fused-ring (bicyclic) bond motifs is 1. The number of halogens is 1. The summed E-state index contributed by atoms with van der Waals surface area (Å²) in [5.74, 6) is 0.293. The van der Waals surface area contributed by atoms with Crippen molar-refractivity contribution in [1.29, 1.82) is 0 Å². The van der Waals surface area contributed by atoms with E-state index in [1.54, 1.807) is 0 Å². The second kappa shape index (κ2) is 10.5. The molecule has 0 aromatic heterocycles. The van der Waals surface area contributed by atoms with Crippen LogP contribution >= 0.6 is 23.4 Å². The van der Waals surface area contributed by atoms with E-state index in [-0.39, 0.29) is 5.25 Å². The van der Waals surface area contributed by atoms with E-state index in [9.17, 15) is 0 Å². The molecule has 0 amide bonds. The SMILES string of the molecule is CCN(CC)CC[C@@H]1C(c2ccccc2)=Nc2ccccc2S[C@H]1c1ccc(Cl)cc1. The van der Waals surface area contributed by atoms with Crippen LogP contribution in [-0.4, -0.2) is 30.2 Å². The Morgan fingerprint density at radius 3 is 2.26 bits per heavy atom. The molecule has 0 fully saturated rings. The molecule has 0 bridgehead atoms. The molecule has 0 radical (unpaired) electrons. The van der Waals surface area contributed by atoms with Gasteiger partial charge in [-0.25, -0.2) is 0 Å². The van der Waals surface area contributed by atoms with Crippen LogP contribution in [0.2, 0.25) is 5.02 Å². The van der Waals surface area contributed by atoms with Crippen molar-refractivity contribution < 1.29 is 0 Å². The number of aliphatic imine (C=N–C) groups is 1. The van der Waals surface area contributed by atoms with Crippen LogP contribution in [0.1, 0.15) is 36.6 Å². The second-order valence-electron chi connectivity index (χ2n) is 7.84. The molecule has 0 spiro atoms. The summed E-state index contributed by atoms with van der Waals surface area (Å²) < 4.78 is 0. The third kappa shape index (κ3) is 5.23. The monoisotopic (exact) mass is 448 g/mol. The van der Waals surface area contributed by atoms with Crippen molar-refractivity contribution in [2.24, 2.45) is 10.9 Å². The molecule has 160 valence electrons. The van der Waals surface area contributed by atoms with Crippen LogP contribution in [0.25, 0.3) is 0 Å². The number of rotatable bonds is 7. The first-order valence-corrected chi connectivity index (χ1v) is 12.3. The van der Waals surface area contributed by atoms with Gasteiger partial charge in [0, 0.05) is 21.1 Å². The quantitative estimate of drug-likeness (QED) is 0.368. The van der Waals surface area contributed by atoms with Gasteiger partial charge in [0.15, 0.2) is 0 Å². The van der Waals surface area contributed by atoms with E-state index in [0.29, 0.717) is 5.92 Å². The number of nitrogens with zero attached hydrogens (tertiary/aromatic N) is 2. The van der Waals surface area contributed by atoms with Crippen LogP contribution < -0.4 is 0 Å². The number of thioether (sulfide) groups is 1. The second-order valence-corrected chi connectivity index (χ2v) is 9.46. The molecule has 1 aliphatic rings. The molecule has 31 heavy (non-hydrogen) atoms. The van der Waals surface area contributed by atoms with Crippen molar-refractivity contribution in [1.82, 2.24) is 4.90 Å². The van der Waals surface area contributed by atoms with Crippen molar-refractivity contribution in [3.63, 3.8) is 0 Å². The molecule has 4 heteroatoms. The Bertz CT molecular complexity index is 1010. The summed E-state index contributed by atoms with van der Waals surface area (Å²) in [5, 5.41) is 1.05. The molecule has 4 rings (SSSR count). The fourth-order valence-electron chi connectivity index (χ4n) is 4.21. The van der Waals surface area contributed by atoms with E-state index in [1.165, 1.54) is 21.7 Å². The fraction of sp³-hybridized carbons (Fsp3) is 0.296. The molecule has 1 aliphatic heterocycles. The molecule has 0 saturated heterocycles. The standard InChI is InChI=1S/C27H29ClN2S/c1-3-30(4-2)19-18-23-26(20-10-6-5-7-11-20)29-24-12-8-9-13-25(24)31-27(23)21-14-16-22(28)17-15-21/h5-17,23,27H,3-4,18-19H2,1-2H3/t23-,27+/m1/s1. The van der Waals surface area contributed by atoms with Gasteiger partial charge < -0.3 is 4.90 Å². The first-order valence-electron chi connectivity index (χ1n) is 11.1. The van der Waals surface area contributed by atoms with Crippen molar-refractivity contribution >= 4 is 34.8 Å². The zero-order valence-electron chi connectivity index (χ0n) is 18.2. The Labute approximate surface area is 195 Å². The van der Waals surface area contributed by atoms with Gasteiger partial charge in [0.2, 0.25) is 0 Å². The van der Waals surface area contributed by atoms with Gasteiger partial charge in [-0.05, 0) is 61.4 Å². The molecule has 3 aromatic carbocycles. The minimum Gasteiger partial charge on any atom is -0.304 e. The van der Waals surface area contributed by atoms with Crippen molar-refractivity contribution in [3.05, 3.63) is 95.0 Å². The van der Waals surface area contributed by atoms with Crippen LogP contribution in [0.3, 0.4) is 0 Å². The Hall–Kier alpha value is -2.07. The Morgan fingerprint density at radius 2 is 1.55 bits per heavy atom. The minimum atomic E-state index is 0.274. The van der Waals surface area contributed by atoms with Gasteiger partial charge in [0.1, 0.15) is 0 Å². The highest BCUT2D eigenvalue weighted by molar-refractivity contribution is 7.99. The smallest absolute Gasteiger partial charge is 0.0769 e. The first-order chi connectivity index (χ1) is 15.2. The van der Waals surface area contributed by atoms with E-state index in [2.05, 4.69) is 85.5 Å². The van der Waals surface area contributed by atoms with Crippen LogP contribution in [0.5, 0.6) is 0 Å². The highest BCUT2D eigenvalue weighted by atomic mass is 35.5. The number of benzene rings is 3. The lowest BCUT2D eigenvalue weighted by atomic mass is 9.87. The average molecular weight is 449 g/mol. The first kappa shape index (κ1) is 22.1. The maximum atomic E-state index is 6.23. The Morgan fingerprint density at radius 1 is 0.871 bits per heavy atom.